The number of anilines is 1. The Morgan fingerprint density at radius 3 is 2.61 bits per heavy atom. The van der Waals surface area contributed by atoms with E-state index in [2.05, 4.69) is 15.5 Å². The van der Waals surface area contributed by atoms with Crippen LogP contribution in [0.1, 0.15) is 17.6 Å². The summed E-state index contributed by atoms with van der Waals surface area (Å²) in [6.07, 6.45) is 0.621. The van der Waals surface area contributed by atoms with Crippen molar-refractivity contribution in [1.29, 1.82) is 0 Å². The second kappa shape index (κ2) is 9.40. The minimum atomic E-state index is -1.01. The van der Waals surface area contributed by atoms with E-state index in [1.807, 2.05) is 52.4 Å². The predicted molar refractivity (Wildman–Crippen MR) is 119 cm³/mol. The van der Waals surface area contributed by atoms with Crippen LogP contribution in [0, 0.1) is 11.6 Å². The van der Waals surface area contributed by atoms with Crippen LogP contribution in [0.4, 0.5) is 14.5 Å². The van der Waals surface area contributed by atoms with Crippen molar-refractivity contribution in [3.8, 4) is 5.69 Å². The van der Waals surface area contributed by atoms with Gasteiger partial charge < -0.3 is 5.32 Å². The molecular formula is C22H18F2N4OS2. The minimum absolute atomic E-state index is 0.194. The largest absolute Gasteiger partial charge is 0.325 e. The van der Waals surface area contributed by atoms with Crippen molar-refractivity contribution in [3.05, 3.63) is 88.4 Å². The summed E-state index contributed by atoms with van der Waals surface area (Å²) in [4.78, 5) is 13.8. The lowest BCUT2D eigenvalue weighted by Gasteiger charge is -2.14. The molecule has 2 aromatic carbocycles. The Kier molecular flexibility index (Phi) is 6.43. The molecule has 2 aromatic heterocycles. The third-order valence-corrected chi connectivity index (χ3v) is 6.38. The van der Waals surface area contributed by atoms with Gasteiger partial charge in [-0.05, 0) is 42.6 Å². The molecule has 9 heteroatoms. The topological polar surface area (TPSA) is 59.8 Å². The third-order valence-electron chi connectivity index (χ3n) is 4.47. The van der Waals surface area contributed by atoms with Crippen molar-refractivity contribution in [2.24, 2.45) is 0 Å². The molecule has 4 rings (SSSR count). The van der Waals surface area contributed by atoms with Gasteiger partial charge in [-0.2, -0.15) is 0 Å². The highest BCUT2D eigenvalue weighted by molar-refractivity contribution is 8.00. The van der Waals surface area contributed by atoms with Crippen LogP contribution in [-0.4, -0.2) is 25.9 Å². The number of benzene rings is 2. The van der Waals surface area contributed by atoms with Gasteiger partial charge in [-0.3, -0.25) is 9.36 Å². The molecule has 4 aromatic rings. The number of para-hydroxylation sites is 1. The zero-order chi connectivity index (χ0) is 21.8. The standard InChI is InChI=1S/C22H18F2N4OS2/c1-14(21(29)25-15-9-10-18(23)19(24)12-15)31-22-27-26-20(13-17-8-5-11-30-17)28(22)16-6-3-2-4-7-16/h2-12,14H,13H2,1H3,(H,25,29). The van der Waals surface area contributed by atoms with Gasteiger partial charge in [0.05, 0.1) is 5.25 Å². The fourth-order valence-electron chi connectivity index (χ4n) is 2.93. The Bertz CT molecular complexity index is 1180. The first kappa shape index (κ1) is 21.2. The number of nitrogens with one attached hydrogen (secondary N) is 1. The molecule has 0 radical (unpaired) electrons. The van der Waals surface area contributed by atoms with E-state index in [9.17, 15) is 13.6 Å². The number of aromatic nitrogens is 3. The number of hydrogen-bond acceptors (Lipinski definition) is 5. The van der Waals surface area contributed by atoms with Crippen LogP contribution in [0.3, 0.4) is 0 Å². The van der Waals surface area contributed by atoms with Gasteiger partial charge in [0.25, 0.3) is 0 Å². The van der Waals surface area contributed by atoms with Crippen LogP contribution in [0.15, 0.2) is 71.2 Å². The van der Waals surface area contributed by atoms with Gasteiger partial charge in [-0.15, -0.1) is 21.5 Å². The molecule has 2 heterocycles. The lowest BCUT2D eigenvalue weighted by molar-refractivity contribution is -0.115. The average molecular weight is 457 g/mol. The van der Waals surface area contributed by atoms with E-state index >= 15 is 0 Å². The first-order valence-electron chi connectivity index (χ1n) is 9.46. The molecule has 0 aliphatic carbocycles. The highest BCUT2D eigenvalue weighted by atomic mass is 32.2. The van der Waals surface area contributed by atoms with Crippen molar-refractivity contribution in [3.63, 3.8) is 0 Å². The maximum atomic E-state index is 13.4. The van der Waals surface area contributed by atoms with Crippen molar-refractivity contribution in [2.45, 2.75) is 23.8 Å². The molecule has 158 valence electrons. The zero-order valence-electron chi connectivity index (χ0n) is 16.5. The maximum Gasteiger partial charge on any atom is 0.237 e. The molecule has 0 saturated heterocycles. The molecule has 0 fully saturated rings. The summed E-state index contributed by atoms with van der Waals surface area (Å²) < 4.78 is 28.5. The molecule has 0 spiro atoms. The van der Waals surface area contributed by atoms with E-state index in [0.717, 1.165) is 28.5 Å². The number of rotatable bonds is 7. The van der Waals surface area contributed by atoms with Gasteiger partial charge in [0.2, 0.25) is 5.91 Å². The van der Waals surface area contributed by atoms with Gasteiger partial charge in [-0.25, -0.2) is 8.78 Å². The molecule has 0 saturated carbocycles. The highest BCUT2D eigenvalue weighted by Crippen LogP contribution is 2.28. The SMILES string of the molecule is CC(Sc1nnc(Cc2cccs2)n1-c1ccccc1)C(=O)Nc1ccc(F)c(F)c1. The number of hydrogen-bond donors (Lipinski definition) is 1. The number of thiophene rings is 1. The van der Waals surface area contributed by atoms with Crippen molar-refractivity contribution < 1.29 is 13.6 Å². The molecule has 0 aliphatic rings. The Balaban J connectivity index is 1.56. The summed E-state index contributed by atoms with van der Waals surface area (Å²) in [5.41, 5.74) is 1.09. The highest BCUT2D eigenvalue weighted by Gasteiger charge is 2.22. The minimum Gasteiger partial charge on any atom is -0.325 e. The van der Waals surface area contributed by atoms with Gasteiger partial charge in [0.15, 0.2) is 16.8 Å². The molecule has 5 nitrogen and oxygen atoms in total. The van der Waals surface area contributed by atoms with Crippen LogP contribution in [-0.2, 0) is 11.2 Å². The first-order chi connectivity index (χ1) is 15.0. The summed E-state index contributed by atoms with van der Waals surface area (Å²) >= 11 is 2.89. The normalized spacial score (nSPS) is 12.0. The number of amides is 1. The lowest BCUT2D eigenvalue weighted by atomic mass is 10.3. The smallest absolute Gasteiger partial charge is 0.237 e. The second-order valence-corrected chi connectivity index (χ2v) is 9.04. The number of halogens is 2. The van der Waals surface area contributed by atoms with Crippen LogP contribution < -0.4 is 5.32 Å². The van der Waals surface area contributed by atoms with Crippen LogP contribution in [0.2, 0.25) is 0 Å². The molecule has 1 unspecified atom stereocenters. The molecule has 1 amide bonds. The Labute approximate surface area is 186 Å². The van der Waals surface area contributed by atoms with Gasteiger partial charge in [-0.1, -0.05) is 36.0 Å². The van der Waals surface area contributed by atoms with E-state index < -0.39 is 16.9 Å². The van der Waals surface area contributed by atoms with Crippen molar-refractivity contribution in [1.82, 2.24) is 14.8 Å². The van der Waals surface area contributed by atoms with Crippen LogP contribution in [0.25, 0.3) is 5.69 Å². The van der Waals surface area contributed by atoms with Crippen LogP contribution >= 0.6 is 23.1 Å². The van der Waals surface area contributed by atoms with Gasteiger partial charge in [0, 0.05) is 28.7 Å². The van der Waals surface area contributed by atoms with E-state index in [4.69, 9.17) is 0 Å². The number of thioether (sulfide) groups is 1. The maximum absolute atomic E-state index is 13.4. The fourth-order valence-corrected chi connectivity index (χ4v) is 4.51. The molecule has 1 N–H and O–H groups in total. The fraction of sp³-hybridized carbons (Fsp3) is 0.136. The summed E-state index contributed by atoms with van der Waals surface area (Å²) in [6, 6.07) is 17.0. The molecule has 0 aliphatic heterocycles. The van der Waals surface area contributed by atoms with E-state index in [1.54, 1.807) is 18.3 Å². The van der Waals surface area contributed by atoms with E-state index in [0.29, 0.717) is 11.6 Å². The average Bonchev–Trinajstić information content (AvgIpc) is 3.42. The van der Waals surface area contributed by atoms with E-state index in [1.165, 1.54) is 17.8 Å². The quantitative estimate of drug-likeness (QED) is 0.383. The summed E-state index contributed by atoms with van der Waals surface area (Å²) in [5, 5.41) is 13.3. The number of carbonyl (C=O) groups excluding carboxylic acids is 1. The Hall–Kier alpha value is -3.04. The molecule has 1 atom stereocenters. The van der Waals surface area contributed by atoms with Crippen LogP contribution in [0.5, 0.6) is 0 Å². The van der Waals surface area contributed by atoms with Crippen molar-refractivity contribution in [2.75, 3.05) is 5.32 Å². The summed E-state index contributed by atoms with van der Waals surface area (Å²) in [7, 11) is 0. The zero-order valence-corrected chi connectivity index (χ0v) is 18.1. The van der Waals surface area contributed by atoms with Crippen molar-refractivity contribution >= 4 is 34.7 Å². The number of carbonyl (C=O) groups is 1. The first-order valence-corrected chi connectivity index (χ1v) is 11.2. The molecular weight excluding hydrogens is 438 g/mol. The lowest BCUT2D eigenvalue weighted by Crippen LogP contribution is -2.23. The van der Waals surface area contributed by atoms with E-state index in [-0.39, 0.29) is 11.6 Å². The predicted octanol–water partition coefficient (Wildman–Crippen LogP) is 5.32. The summed E-state index contributed by atoms with van der Waals surface area (Å²) in [5.74, 6) is -1.56. The van der Waals surface area contributed by atoms with Gasteiger partial charge in [0.1, 0.15) is 5.82 Å². The Morgan fingerprint density at radius 2 is 1.90 bits per heavy atom. The third kappa shape index (κ3) is 5.00. The number of nitrogens with zero attached hydrogens (tertiary/aromatic N) is 3. The Morgan fingerprint density at radius 1 is 1.10 bits per heavy atom. The summed E-state index contributed by atoms with van der Waals surface area (Å²) in [6.45, 7) is 1.73. The molecule has 0 bridgehead atoms. The second-order valence-electron chi connectivity index (χ2n) is 6.70. The molecule has 31 heavy (non-hydrogen) atoms. The monoisotopic (exact) mass is 456 g/mol. The van der Waals surface area contributed by atoms with Gasteiger partial charge >= 0.3 is 0 Å².